The van der Waals surface area contributed by atoms with Crippen molar-refractivity contribution >= 4 is 11.9 Å². The molecule has 0 aromatic heterocycles. The molecule has 1 aliphatic heterocycles. The fourth-order valence-electron chi connectivity index (χ4n) is 3.19. The lowest BCUT2D eigenvalue weighted by Crippen LogP contribution is -2.42. The van der Waals surface area contributed by atoms with Gasteiger partial charge in [-0.25, -0.2) is 0 Å². The molecule has 0 radical (unpaired) electrons. The van der Waals surface area contributed by atoms with E-state index in [-0.39, 0.29) is 11.8 Å². The van der Waals surface area contributed by atoms with E-state index in [2.05, 4.69) is 0 Å². The van der Waals surface area contributed by atoms with Crippen LogP contribution in [0.1, 0.15) is 51.4 Å². The third-order valence-electron chi connectivity index (χ3n) is 4.36. The fourth-order valence-corrected chi connectivity index (χ4v) is 3.19. The number of hydrogen-bond donors (Lipinski definition) is 1. The van der Waals surface area contributed by atoms with Gasteiger partial charge in [-0.05, 0) is 25.2 Å². The molecule has 102 valence electrons. The molecule has 1 aliphatic carbocycles. The number of amides is 1. The molecule has 4 nitrogen and oxygen atoms in total. The maximum atomic E-state index is 12.1. The van der Waals surface area contributed by atoms with Gasteiger partial charge < -0.3 is 10.0 Å². The van der Waals surface area contributed by atoms with Crippen molar-refractivity contribution in [1.82, 2.24) is 4.90 Å². The van der Waals surface area contributed by atoms with Crippen molar-refractivity contribution in [2.24, 2.45) is 11.8 Å². The van der Waals surface area contributed by atoms with E-state index in [1.807, 2.05) is 0 Å². The maximum absolute atomic E-state index is 12.1. The van der Waals surface area contributed by atoms with Crippen LogP contribution in [0.3, 0.4) is 0 Å². The van der Waals surface area contributed by atoms with Crippen LogP contribution < -0.4 is 0 Å². The molecule has 1 amide bonds. The van der Waals surface area contributed by atoms with Crippen LogP contribution in [-0.2, 0) is 9.59 Å². The Hall–Kier alpha value is -1.06. The minimum absolute atomic E-state index is 0.160. The molecule has 1 saturated carbocycles. The largest absolute Gasteiger partial charge is 0.481 e. The standard InChI is InChI=1S/C14H23NO3/c16-13(8-7-11-4-1-2-5-11)15-9-3-6-12(10-15)14(17)18/h11-12H,1-10H2,(H,17,18)/t12-/m0/s1. The summed E-state index contributed by atoms with van der Waals surface area (Å²) in [5.41, 5.74) is 0. The summed E-state index contributed by atoms with van der Waals surface area (Å²) in [5.74, 6) is -0.223. The van der Waals surface area contributed by atoms with Gasteiger partial charge in [0, 0.05) is 19.5 Å². The minimum Gasteiger partial charge on any atom is -0.481 e. The Labute approximate surface area is 108 Å². The molecule has 1 N–H and O–H groups in total. The predicted octanol–water partition coefficient (Wildman–Crippen LogP) is 2.28. The Morgan fingerprint density at radius 1 is 1.11 bits per heavy atom. The average molecular weight is 253 g/mol. The lowest BCUT2D eigenvalue weighted by molar-refractivity contribution is -0.145. The summed E-state index contributed by atoms with van der Waals surface area (Å²) >= 11 is 0. The number of carboxylic acids is 1. The number of likely N-dealkylation sites (tertiary alicyclic amines) is 1. The summed E-state index contributed by atoms with van der Waals surface area (Å²) in [6.07, 6.45) is 8.29. The number of aliphatic carboxylic acids is 1. The molecular formula is C14H23NO3. The molecule has 0 unspecified atom stereocenters. The summed E-state index contributed by atoms with van der Waals surface area (Å²) in [4.78, 5) is 24.8. The highest BCUT2D eigenvalue weighted by Crippen LogP contribution is 2.29. The van der Waals surface area contributed by atoms with Gasteiger partial charge in [0.05, 0.1) is 5.92 Å². The van der Waals surface area contributed by atoms with Crippen LogP contribution >= 0.6 is 0 Å². The number of piperidine rings is 1. The van der Waals surface area contributed by atoms with Gasteiger partial charge in [0.1, 0.15) is 0 Å². The van der Waals surface area contributed by atoms with Crippen molar-refractivity contribution in [3.05, 3.63) is 0 Å². The van der Waals surface area contributed by atoms with E-state index in [0.29, 0.717) is 19.4 Å². The van der Waals surface area contributed by atoms with E-state index in [1.165, 1.54) is 25.7 Å². The number of rotatable bonds is 4. The number of carboxylic acid groups (broad SMARTS) is 1. The first-order chi connectivity index (χ1) is 8.66. The predicted molar refractivity (Wildman–Crippen MR) is 68.1 cm³/mol. The first kappa shape index (κ1) is 13.4. The van der Waals surface area contributed by atoms with Crippen LogP contribution in [0.25, 0.3) is 0 Å². The van der Waals surface area contributed by atoms with E-state index in [9.17, 15) is 9.59 Å². The van der Waals surface area contributed by atoms with Crippen LogP contribution in [0.15, 0.2) is 0 Å². The van der Waals surface area contributed by atoms with Crippen LogP contribution in [0.5, 0.6) is 0 Å². The molecule has 2 rings (SSSR count). The molecule has 0 spiro atoms. The lowest BCUT2D eigenvalue weighted by Gasteiger charge is -2.31. The monoisotopic (exact) mass is 253 g/mol. The highest BCUT2D eigenvalue weighted by atomic mass is 16.4. The van der Waals surface area contributed by atoms with Gasteiger partial charge in [0.25, 0.3) is 0 Å². The van der Waals surface area contributed by atoms with Gasteiger partial charge in [0.15, 0.2) is 0 Å². The Balaban J connectivity index is 1.75. The number of hydrogen-bond acceptors (Lipinski definition) is 2. The zero-order chi connectivity index (χ0) is 13.0. The van der Waals surface area contributed by atoms with Gasteiger partial charge in [0.2, 0.25) is 5.91 Å². The zero-order valence-corrected chi connectivity index (χ0v) is 10.9. The van der Waals surface area contributed by atoms with E-state index in [4.69, 9.17) is 5.11 Å². The normalized spacial score (nSPS) is 25.3. The van der Waals surface area contributed by atoms with Gasteiger partial charge in [-0.3, -0.25) is 9.59 Å². The van der Waals surface area contributed by atoms with Gasteiger partial charge in [-0.15, -0.1) is 0 Å². The summed E-state index contributed by atoms with van der Waals surface area (Å²) in [6, 6.07) is 0. The topological polar surface area (TPSA) is 57.6 Å². The van der Waals surface area contributed by atoms with E-state index >= 15 is 0 Å². The van der Waals surface area contributed by atoms with E-state index < -0.39 is 5.97 Å². The average Bonchev–Trinajstić information content (AvgIpc) is 2.89. The Morgan fingerprint density at radius 3 is 2.50 bits per heavy atom. The van der Waals surface area contributed by atoms with Crippen molar-refractivity contribution in [1.29, 1.82) is 0 Å². The Morgan fingerprint density at radius 2 is 1.83 bits per heavy atom. The fraction of sp³-hybridized carbons (Fsp3) is 0.857. The second kappa shape index (κ2) is 6.21. The molecule has 0 bridgehead atoms. The van der Waals surface area contributed by atoms with Gasteiger partial charge >= 0.3 is 5.97 Å². The van der Waals surface area contributed by atoms with Gasteiger partial charge in [-0.2, -0.15) is 0 Å². The number of carbonyl (C=O) groups excluding carboxylic acids is 1. The van der Waals surface area contributed by atoms with E-state index in [1.54, 1.807) is 4.90 Å². The molecule has 1 atom stereocenters. The summed E-state index contributed by atoms with van der Waals surface area (Å²) in [5, 5.41) is 9.00. The van der Waals surface area contributed by atoms with Crippen molar-refractivity contribution in [2.45, 2.75) is 51.4 Å². The van der Waals surface area contributed by atoms with Crippen LogP contribution in [-0.4, -0.2) is 35.0 Å². The quantitative estimate of drug-likeness (QED) is 0.836. The lowest BCUT2D eigenvalue weighted by atomic mass is 9.97. The first-order valence-electron chi connectivity index (χ1n) is 7.17. The molecule has 0 aromatic rings. The van der Waals surface area contributed by atoms with Crippen molar-refractivity contribution < 1.29 is 14.7 Å². The molecule has 1 saturated heterocycles. The summed E-state index contributed by atoms with van der Waals surface area (Å²) < 4.78 is 0. The summed E-state index contributed by atoms with van der Waals surface area (Å²) in [7, 11) is 0. The molecular weight excluding hydrogens is 230 g/mol. The molecule has 1 heterocycles. The highest BCUT2D eigenvalue weighted by molar-refractivity contribution is 5.78. The molecule has 18 heavy (non-hydrogen) atoms. The van der Waals surface area contributed by atoms with Crippen LogP contribution in [0, 0.1) is 11.8 Å². The van der Waals surface area contributed by atoms with Crippen LogP contribution in [0.4, 0.5) is 0 Å². The number of nitrogens with zero attached hydrogens (tertiary/aromatic N) is 1. The Bertz CT molecular complexity index is 310. The second-order valence-corrected chi connectivity index (χ2v) is 5.71. The van der Waals surface area contributed by atoms with Crippen molar-refractivity contribution in [3.63, 3.8) is 0 Å². The molecule has 4 heteroatoms. The second-order valence-electron chi connectivity index (χ2n) is 5.71. The van der Waals surface area contributed by atoms with Crippen molar-refractivity contribution in [3.8, 4) is 0 Å². The maximum Gasteiger partial charge on any atom is 0.308 e. The Kier molecular flexibility index (Phi) is 4.61. The van der Waals surface area contributed by atoms with Gasteiger partial charge in [-0.1, -0.05) is 25.7 Å². The molecule has 2 aliphatic rings. The summed E-state index contributed by atoms with van der Waals surface area (Å²) in [6.45, 7) is 1.16. The van der Waals surface area contributed by atoms with Crippen LogP contribution in [0.2, 0.25) is 0 Å². The van der Waals surface area contributed by atoms with Crippen molar-refractivity contribution in [2.75, 3.05) is 13.1 Å². The third kappa shape index (κ3) is 3.47. The third-order valence-corrected chi connectivity index (χ3v) is 4.36. The number of carbonyl (C=O) groups is 2. The zero-order valence-electron chi connectivity index (χ0n) is 10.9. The SMILES string of the molecule is O=C(O)[C@H]1CCCN(C(=O)CCC2CCCC2)C1. The highest BCUT2D eigenvalue weighted by Gasteiger charge is 2.28. The smallest absolute Gasteiger partial charge is 0.308 e. The van der Waals surface area contributed by atoms with E-state index in [0.717, 1.165) is 25.3 Å². The molecule has 2 fully saturated rings. The minimum atomic E-state index is -0.761. The molecule has 0 aromatic carbocycles. The first-order valence-corrected chi connectivity index (χ1v) is 7.17.